The summed E-state index contributed by atoms with van der Waals surface area (Å²) in [5.74, 6) is 0.478. The minimum absolute atomic E-state index is 0.478. The Kier molecular flexibility index (Phi) is 1.70. The summed E-state index contributed by atoms with van der Waals surface area (Å²) in [4.78, 5) is 0. The summed E-state index contributed by atoms with van der Waals surface area (Å²) in [6, 6.07) is 1.77. The van der Waals surface area contributed by atoms with Crippen LogP contribution in [0.4, 0.5) is 5.82 Å². The first-order valence-electron chi connectivity index (χ1n) is 3.86. The van der Waals surface area contributed by atoms with Crippen LogP contribution in [0.25, 0.3) is 11.3 Å². The molecule has 5 heteroatoms. The topological polar surface area (TPSA) is 80.5 Å². The lowest BCUT2D eigenvalue weighted by Gasteiger charge is -1.98. The molecule has 0 fully saturated rings. The Labute approximate surface area is 75.0 Å². The van der Waals surface area contributed by atoms with E-state index in [0.29, 0.717) is 5.82 Å². The second kappa shape index (κ2) is 2.85. The van der Waals surface area contributed by atoms with Gasteiger partial charge in [0, 0.05) is 11.6 Å². The van der Waals surface area contributed by atoms with Crippen LogP contribution in [0.3, 0.4) is 0 Å². The van der Waals surface area contributed by atoms with Gasteiger partial charge in [0.25, 0.3) is 0 Å². The summed E-state index contributed by atoms with van der Waals surface area (Å²) in [6.45, 7) is 1.96. The van der Waals surface area contributed by atoms with E-state index in [0.717, 1.165) is 16.8 Å². The van der Waals surface area contributed by atoms with Crippen molar-refractivity contribution in [3.8, 4) is 11.3 Å². The predicted octanol–water partition coefficient (Wildman–Crippen LogP) is 0.757. The van der Waals surface area contributed by atoms with E-state index in [1.165, 1.54) is 0 Å². The van der Waals surface area contributed by atoms with Crippen molar-refractivity contribution in [1.29, 1.82) is 0 Å². The standard InChI is InChI=1S/C8H9N5/c1-5-3-10-11-4-6(5)7-2-8(9)13-12-7/h2-4H,1H3,(H3,9,12,13). The molecule has 0 atom stereocenters. The molecule has 0 aliphatic carbocycles. The van der Waals surface area contributed by atoms with Crippen molar-refractivity contribution in [2.24, 2.45) is 0 Å². The van der Waals surface area contributed by atoms with Crippen molar-refractivity contribution < 1.29 is 0 Å². The molecular weight excluding hydrogens is 166 g/mol. The SMILES string of the molecule is Cc1cnncc1-c1cc(N)n[nH]1. The molecule has 3 N–H and O–H groups in total. The van der Waals surface area contributed by atoms with Gasteiger partial charge in [-0.3, -0.25) is 5.10 Å². The number of rotatable bonds is 1. The number of nitrogen functional groups attached to an aromatic ring is 1. The van der Waals surface area contributed by atoms with Crippen molar-refractivity contribution in [1.82, 2.24) is 20.4 Å². The quantitative estimate of drug-likeness (QED) is 0.670. The Balaban J connectivity index is 2.52. The summed E-state index contributed by atoms with van der Waals surface area (Å²) in [6.07, 6.45) is 3.38. The van der Waals surface area contributed by atoms with Crippen molar-refractivity contribution >= 4 is 5.82 Å². The molecule has 0 aliphatic rings. The van der Waals surface area contributed by atoms with Gasteiger partial charge in [-0.2, -0.15) is 15.3 Å². The molecule has 0 spiro atoms. The van der Waals surface area contributed by atoms with E-state index in [1.807, 2.05) is 6.92 Å². The van der Waals surface area contributed by atoms with Gasteiger partial charge in [-0.15, -0.1) is 0 Å². The minimum atomic E-state index is 0.478. The molecule has 13 heavy (non-hydrogen) atoms. The molecule has 0 unspecified atom stereocenters. The van der Waals surface area contributed by atoms with Crippen LogP contribution in [0.1, 0.15) is 5.56 Å². The Morgan fingerprint density at radius 3 is 2.69 bits per heavy atom. The summed E-state index contributed by atoms with van der Waals surface area (Å²) >= 11 is 0. The third-order valence-electron chi connectivity index (χ3n) is 1.82. The van der Waals surface area contributed by atoms with Crippen LogP contribution in [0.2, 0.25) is 0 Å². The zero-order valence-corrected chi connectivity index (χ0v) is 7.15. The Morgan fingerprint density at radius 2 is 2.08 bits per heavy atom. The molecule has 0 bridgehead atoms. The maximum absolute atomic E-state index is 5.49. The fourth-order valence-electron chi connectivity index (χ4n) is 1.14. The second-order valence-corrected chi connectivity index (χ2v) is 2.79. The smallest absolute Gasteiger partial charge is 0.145 e. The number of H-pyrrole nitrogens is 1. The number of hydrogen-bond donors (Lipinski definition) is 2. The first kappa shape index (κ1) is 7.72. The van der Waals surface area contributed by atoms with E-state index in [1.54, 1.807) is 18.5 Å². The van der Waals surface area contributed by atoms with Gasteiger partial charge in [-0.25, -0.2) is 0 Å². The zero-order chi connectivity index (χ0) is 9.26. The summed E-state index contributed by atoms with van der Waals surface area (Å²) < 4.78 is 0. The molecule has 0 saturated carbocycles. The molecule has 2 aromatic rings. The highest BCUT2D eigenvalue weighted by atomic mass is 15.2. The lowest BCUT2D eigenvalue weighted by atomic mass is 10.1. The van der Waals surface area contributed by atoms with Crippen LogP contribution >= 0.6 is 0 Å². The van der Waals surface area contributed by atoms with Crippen LogP contribution < -0.4 is 5.73 Å². The van der Waals surface area contributed by atoms with Crippen LogP contribution in [-0.4, -0.2) is 20.4 Å². The second-order valence-electron chi connectivity index (χ2n) is 2.79. The predicted molar refractivity (Wildman–Crippen MR) is 48.8 cm³/mol. The van der Waals surface area contributed by atoms with Crippen molar-refractivity contribution in [2.45, 2.75) is 6.92 Å². The average Bonchev–Trinajstić information content (AvgIpc) is 2.53. The monoisotopic (exact) mass is 175 g/mol. The number of anilines is 1. The molecule has 0 aromatic carbocycles. The Morgan fingerprint density at radius 1 is 1.31 bits per heavy atom. The average molecular weight is 175 g/mol. The number of hydrogen-bond acceptors (Lipinski definition) is 4. The maximum atomic E-state index is 5.49. The van der Waals surface area contributed by atoms with Gasteiger partial charge in [0.05, 0.1) is 18.1 Å². The summed E-state index contributed by atoms with van der Waals surface area (Å²) in [5, 5.41) is 14.2. The van der Waals surface area contributed by atoms with E-state index in [-0.39, 0.29) is 0 Å². The van der Waals surface area contributed by atoms with Gasteiger partial charge >= 0.3 is 0 Å². The summed E-state index contributed by atoms with van der Waals surface area (Å²) in [5.41, 5.74) is 8.37. The molecule has 0 saturated heterocycles. The molecular formula is C8H9N5. The van der Waals surface area contributed by atoms with Crippen LogP contribution in [0, 0.1) is 6.92 Å². The molecule has 0 aliphatic heterocycles. The van der Waals surface area contributed by atoms with E-state index >= 15 is 0 Å². The third-order valence-corrected chi connectivity index (χ3v) is 1.82. The van der Waals surface area contributed by atoms with Gasteiger partial charge < -0.3 is 5.73 Å². The highest BCUT2D eigenvalue weighted by molar-refractivity contribution is 5.63. The highest BCUT2D eigenvalue weighted by Gasteiger charge is 2.04. The van der Waals surface area contributed by atoms with E-state index in [2.05, 4.69) is 20.4 Å². The highest BCUT2D eigenvalue weighted by Crippen LogP contribution is 2.19. The van der Waals surface area contributed by atoms with Gasteiger partial charge in [-0.1, -0.05) is 0 Å². The zero-order valence-electron chi connectivity index (χ0n) is 7.15. The molecule has 2 heterocycles. The van der Waals surface area contributed by atoms with Crippen molar-refractivity contribution in [2.75, 3.05) is 5.73 Å². The minimum Gasteiger partial charge on any atom is -0.382 e. The fraction of sp³-hybridized carbons (Fsp3) is 0.125. The van der Waals surface area contributed by atoms with Gasteiger partial charge in [0.1, 0.15) is 5.82 Å². The third kappa shape index (κ3) is 1.35. The number of aromatic nitrogens is 4. The first-order chi connectivity index (χ1) is 6.27. The number of nitrogens with two attached hydrogens (primary N) is 1. The lowest BCUT2D eigenvalue weighted by Crippen LogP contribution is -1.87. The van der Waals surface area contributed by atoms with Crippen molar-refractivity contribution in [3.05, 3.63) is 24.0 Å². The number of aryl methyl sites for hydroxylation is 1. The molecule has 0 amide bonds. The van der Waals surface area contributed by atoms with E-state index < -0.39 is 0 Å². The molecule has 2 rings (SSSR count). The Bertz CT molecular complexity index is 420. The number of nitrogens with zero attached hydrogens (tertiary/aromatic N) is 3. The maximum Gasteiger partial charge on any atom is 0.145 e. The molecule has 5 nitrogen and oxygen atoms in total. The van der Waals surface area contributed by atoms with Gasteiger partial charge in [-0.05, 0) is 12.5 Å². The molecule has 2 aromatic heterocycles. The molecule has 0 radical (unpaired) electrons. The molecule has 66 valence electrons. The van der Waals surface area contributed by atoms with Crippen molar-refractivity contribution in [3.63, 3.8) is 0 Å². The first-order valence-corrected chi connectivity index (χ1v) is 3.86. The van der Waals surface area contributed by atoms with E-state index in [9.17, 15) is 0 Å². The van der Waals surface area contributed by atoms with Gasteiger partial charge in [0.15, 0.2) is 0 Å². The van der Waals surface area contributed by atoms with Crippen LogP contribution in [0.5, 0.6) is 0 Å². The normalized spacial score (nSPS) is 10.2. The van der Waals surface area contributed by atoms with E-state index in [4.69, 9.17) is 5.73 Å². The number of aromatic amines is 1. The van der Waals surface area contributed by atoms with Gasteiger partial charge in [0.2, 0.25) is 0 Å². The summed E-state index contributed by atoms with van der Waals surface area (Å²) in [7, 11) is 0. The van der Waals surface area contributed by atoms with Crippen LogP contribution in [-0.2, 0) is 0 Å². The Hall–Kier alpha value is -1.91. The largest absolute Gasteiger partial charge is 0.382 e. The van der Waals surface area contributed by atoms with Crippen LogP contribution in [0.15, 0.2) is 18.5 Å². The number of nitrogens with one attached hydrogen (secondary N) is 1. The fourth-order valence-corrected chi connectivity index (χ4v) is 1.14. The lowest BCUT2D eigenvalue weighted by molar-refractivity contribution is 1.01.